The van der Waals surface area contributed by atoms with E-state index in [4.69, 9.17) is 14.2 Å². The van der Waals surface area contributed by atoms with Gasteiger partial charge in [0.05, 0.1) is 32.5 Å². The third-order valence-corrected chi connectivity index (χ3v) is 4.35. The summed E-state index contributed by atoms with van der Waals surface area (Å²) in [6.45, 7) is 0.426. The topological polar surface area (TPSA) is 81.7 Å². The van der Waals surface area contributed by atoms with Crippen molar-refractivity contribution in [2.45, 2.75) is 6.42 Å². The summed E-state index contributed by atoms with van der Waals surface area (Å²) in [6, 6.07) is 12.8. The summed E-state index contributed by atoms with van der Waals surface area (Å²) in [5, 5.41) is 6.68. The number of carbonyl (C=O) groups excluding carboxylic acids is 1. The molecule has 0 saturated heterocycles. The zero-order chi connectivity index (χ0) is 19.9. The van der Waals surface area contributed by atoms with Crippen molar-refractivity contribution in [1.82, 2.24) is 10.3 Å². The molecule has 0 aliphatic carbocycles. The maximum atomic E-state index is 12.3. The molecule has 1 aromatic heterocycles. The molecule has 0 fully saturated rings. The van der Waals surface area contributed by atoms with Gasteiger partial charge in [-0.3, -0.25) is 4.98 Å². The van der Waals surface area contributed by atoms with Gasteiger partial charge in [0.2, 0.25) is 0 Å². The van der Waals surface area contributed by atoms with Gasteiger partial charge in [-0.15, -0.1) is 0 Å². The van der Waals surface area contributed by atoms with E-state index in [1.807, 2.05) is 36.4 Å². The number of nitrogens with zero attached hydrogens (tertiary/aromatic N) is 1. The number of ether oxygens (including phenoxy) is 3. The molecule has 0 spiro atoms. The van der Waals surface area contributed by atoms with Crippen LogP contribution in [0, 0.1) is 0 Å². The SMILES string of the molecule is COc1cc(OC)c(OC)cc1CCNC(=O)Nc1cccc2cccnc12. The molecule has 0 bridgehead atoms. The molecule has 7 nitrogen and oxygen atoms in total. The molecule has 0 aliphatic heterocycles. The summed E-state index contributed by atoms with van der Waals surface area (Å²) in [5.74, 6) is 1.89. The maximum absolute atomic E-state index is 12.3. The zero-order valence-electron chi connectivity index (χ0n) is 16.1. The minimum atomic E-state index is -0.294. The molecule has 7 heteroatoms. The highest BCUT2D eigenvalue weighted by molar-refractivity contribution is 5.99. The Morgan fingerprint density at radius 1 is 0.964 bits per heavy atom. The van der Waals surface area contributed by atoms with Crippen molar-refractivity contribution in [3.8, 4) is 17.2 Å². The fraction of sp³-hybridized carbons (Fsp3) is 0.238. The molecule has 1 heterocycles. The maximum Gasteiger partial charge on any atom is 0.319 e. The first kappa shape index (κ1) is 19.3. The normalized spacial score (nSPS) is 10.4. The summed E-state index contributed by atoms with van der Waals surface area (Å²) >= 11 is 0. The Morgan fingerprint density at radius 3 is 2.43 bits per heavy atom. The highest BCUT2D eigenvalue weighted by atomic mass is 16.5. The molecule has 0 radical (unpaired) electrons. The molecule has 0 atom stereocenters. The number of amides is 2. The average Bonchev–Trinajstić information content (AvgIpc) is 2.73. The molecule has 146 valence electrons. The van der Waals surface area contributed by atoms with E-state index >= 15 is 0 Å². The van der Waals surface area contributed by atoms with Crippen molar-refractivity contribution >= 4 is 22.6 Å². The average molecular weight is 381 g/mol. The van der Waals surface area contributed by atoms with Gasteiger partial charge in [-0.1, -0.05) is 18.2 Å². The van der Waals surface area contributed by atoms with Crippen molar-refractivity contribution < 1.29 is 19.0 Å². The number of anilines is 1. The van der Waals surface area contributed by atoms with Gasteiger partial charge in [0.25, 0.3) is 0 Å². The van der Waals surface area contributed by atoms with Gasteiger partial charge in [0.1, 0.15) is 5.75 Å². The van der Waals surface area contributed by atoms with Gasteiger partial charge in [0, 0.05) is 24.2 Å². The number of rotatable bonds is 7. The van der Waals surface area contributed by atoms with Crippen LogP contribution in [0.5, 0.6) is 17.2 Å². The molecular formula is C21H23N3O4. The molecular weight excluding hydrogens is 358 g/mol. The van der Waals surface area contributed by atoms with E-state index in [1.165, 1.54) is 0 Å². The largest absolute Gasteiger partial charge is 0.496 e. The lowest BCUT2D eigenvalue weighted by Gasteiger charge is -2.14. The van der Waals surface area contributed by atoms with Crippen molar-refractivity contribution in [3.63, 3.8) is 0 Å². The predicted octanol–water partition coefficient (Wildman–Crippen LogP) is 3.62. The molecule has 3 rings (SSSR count). The summed E-state index contributed by atoms with van der Waals surface area (Å²) in [4.78, 5) is 16.6. The van der Waals surface area contributed by atoms with E-state index in [2.05, 4.69) is 15.6 Å². The third-order valence-electron chi connectivity index (χ3n) is 4.35. The Bertz CT molecular complexity index is 970. The summed E-state index contributed by atoms with van der Waals surface area (Å²) < 4.78 is 16.0. The smallest absolute Gasteiger partial charge is 0.319 e. The van der Waals surface area contributed by atoms with Crippen LogP contribution in [-0.2, 0) is 6.42 Å². The Hall–Kier alpha value is -3.48. The lowest BCUT2D eigenvalue weighted by Crippen LogP contribution is -2.30. The Morgan fingerprint density at radius 2 is 1.68 bits per heavy atom. The van der Waals surface area contributed by atoms with Gasteiger partial charge in [0.15, 0.2) is 11.5 Å². The first-order valence-corrected chi connectivity index (χ1v) is 8.83. The molecule has 2 amide bonds. The summed E-state index contributed by atoms with van der Waals surface area (Å²) in [7, 11) is 4.75. The summed E-state index contributed by atoms with van der Waals surface area (Å²) in [6.07, 6.45) is 2.28. The number of carbonyl (C=O) groups is 1. The second-order valence-electron chi connectivity index (χ2n) is 6.03. The zero-order valence-corrected chi connectivity index (χ0v) is 16.1. The molecule has 28 heavy (non-hydrogen) atoms. The molecule has 0 saturated carbocycles. The van der Waals surface area contributed by atoms with Gasteiger partial charge >= 0.3 is 6.03 Å². The number of pyridine rings is 1. The first-order chi connectivity index (χ1) is 13.7. The lowest BCUT2D eigenvalue weighted by molar-refractivity contribution is 0.252. The molecule has 2 N–H and O–H groups in total. The number of methoxy groups -OCH3 is 3. The number of hydrogen-bond donors (Lipinski definition) is 2. The van der Waals surface area contributed by atoms with Gasteiger partial charge in [-0.2, -0.15) is 0 Å². The van der Waals surface area contributed by atoms with Gasteiger partial charge < -0.3 is 24.8 Å². The molecule has 0 unspecified atom stereocenters. The van der Waals surface area contributed by atoms with E-state index in [0.29, 0.717) is 35.9 Å². The van der Waals surface area contributed by atoms with Crippen molar-refractivity contribution in [2.24, 2.45) is 0 Å². The first-order valence-electron chi connectivity index (χ1n) is 8.83. The number of aromatic nitrogens is 1. The quantitative estimate of drug-likeness (QED) is 0.653. The lowest BCUT2D eigenvalue weighted by atomic mass is 10.1. The number of nitrogens with one attached hydrogen (secondary N) is 2. The molecule has 2 aromatic carbocycles. The van der Waals surface area contributed by atoms with Crippen molar-refractivity contribution in [3.05, 3.63) is 54.2 Å². The Balaban J connectivity index is 1.64. The predicted molar refractivity (Wildman–Crippen MR) is 109 cm³/mol. The number of fused-ring (bicyclic) bond motifs is 1. The second kappa shape index (κ2) is 8.94. The van der Waals surface area contributed by atoms with Crippen LogP contribution in [-0.4, -0.2) is 38.9 Å². The van der Waals surface area contributed by atoms with Gasteiger partial charge in [-0.05, 0) is 30.2 Å². The number of hydrogen-bond acceptors (Lipinski definition) is 5. The van der Waals surface area contributed by atoms with E-state index in [-0.39, 0.29) is 6.03 Å². The highest BCUT2D eigenvalue weighted by Gasteiger charge is 2.12. The molecule has 3 aromatic rings. The minimum Gasteiger partial charge on any atom is -0.496 e. The van der Waals surface area contributed by atoms with Crippen LogP contribution in [0.2, 0.25) is 0 Å². The van der Waals surface area contributed by atoms with E-state index < -0.39 is 0 Å². The number of para-hydroxylation sites is 1. The Labute approximate surface area is 163 Å². The fourth-order valence-electron chi connectivity index (χ4n) is 2.97. The van der Waals surface area contributed by atoms with Crippen LogP contribution < -0.4 is 24.8 Å². The summed E-state index contributed by atoms with van der Waals surface area (Å²) in [5.41, 5.74) is 2.33. The minimum absolute atomic E-state index is 0.294. The van der Waals surface area contributed by atoms with Crippen LogP contribution in [0.3, 0.4) is 0 Å². The van der Waals surface area contributed by atoms with Crippen LogP contribution in [0.1, 0.15) is 5.56 Å². The highest BCUT2D eigenvalue weighted by Crippen LogP contribution is 2.34. The van der Waals surface area contributed by atoms with Gasteiger partial charge in [-0.25, -0.2) is 4.79 Å². The number of urea groups is 1. The Kier molecular flexibility index (Phi) is 6.16. The standard InChI is InChI=1S/C21H23N3O4/c1-26-17-13-19(28-3)18(27-2)12-15(17)9-11-23-21(25)24-16-8-4-6-14-7-5-10-22-20(14)16/h4-8,10,12-13H,9,11H2,1-3H3,(H2,23,24,25). The van der Waals surface area contributed by atoms with Crippen molar-refractivity contribution in [1.29, 1.82) is 0 Å². The number of benzene rings is 2. The van der Waals surface area contributed by atoms with E-state index in [9.17, 15) is 4.79 Å². The fourth-order valence-corrected chi connectivity index (χ4v) is 2.97. The van der Waals surface area contributed by atoms with Crippen LogP contribution in [0.15, 0.2) is 48.7 Å². The van der Waals surface area contributed by atoms with E-state index in [1.54, 1.807) is 33.6 Å². The van der Waals surface area contributed by atoms with Crippen molar-refractivity contribution in [2.75, 3.05) is 33.2 Å². The second-order valence-corrected chi connectivity index (χ2v) is 6.03. The van der Waals surface area contributed by atoms with Crippen LogP contribution in [0.25, 0.3) is 10.9 Å². The van der Waals surface area contributed by atoms with E-state index in [0.717, 1.165) is 16.5 Å². The monoisotopic (exact) mass is 381 g/mol. The molecule has 0 aliphatic rings. The van der Waals surface area contributed by atoms with Crippen LogP contribution >= 0.6 is 0 Å². The van der Waals surface area contributed by atoms with Crippen LogP contribution in [0.4, 0.5) is 10.5 Å². The third kappa shape index (κ3) is 4.25.